The van der Waals surface area contributed by atoms with Crippen molar-refractivity contribution >= 4 is 5.97 Å². The monoisotopic (exact) mass is 164 g/mol. The maximum Gasteiger partial charge on any atom is 0.330 e. The molecule has 0 saturated heterocycles. The highest BCUT2D eigenvalue weighted by atomic mass is 16.4. The SMILES string of the molecule is CC1=CC(C=C(C)C(=O)O)C=C1. The molecule has 1 aliphatic rings. The second kappa shape index (κ2) is 3.39. The van der Waals surface area contributed by atoms with Gasteiger partial charge in [-0.25, -0.2) is 4.79 Å². The summed E-state index contributed by atoms with van der Waals surface area (Å²) in [5.41, 5.74) is 1.59. The maximum atomic E-state index is 10.5. The molecule has 0 aromatic heterocycles. The van der Waals surface area contributed by atoms with E-state index >= 15 is 0 Å². The van der Waals surface area contributed by atoms with Crippen LogP contribution in [-0.2, 0) is 4.79 Å². The molecular weight excluding hydrogens is 152 g/mol. The van der Waals surface area contributed by atoms with Crippen molar-refractivity contribution in [3.63, 3.8) is 0 Å². The van der Waals surface area contributed by atoms with Crippen LogP contribution in [0, 0.1) is 5.92 Å². The molecule has 64 valence electrons. The molecule has 0 spiro atoms. The first-order valence-corrected chi connectivity index (χ1v) is 3.88. The van der Waals surface area contributed by atoms with Gasteiger partial charge in [-0.1, -0.05) is 29.9 Å². The fourth-order valence-electron chi connectivity index (χ4n) is 1.14. The lowest BCUT2D eigenvalue weighted by molar-refractivity contribution is -0.132. The summed E-state index contributed by atoms with van der Waals surface area (Å²) in [5.74, 6) is -0.678. The Balaban J connectivity index is 2.70. The van der Waals surface area contributed by atoms with Crippen molar-refractivity contribution in [3.05, 3.63) is 35.5 Å². The van der Waals surface area contributed by atoms with Crippen molar-refractivity contribution in [2.75, 3.05) is 0 Å². The third-order valence-electron chi connectivity index (χ3n) is 1.82. The molecule has 0 radical (unpaired) electrons. The zero-order chi connectivity index (χ0) is 9.14. The molecule has 1 rings (SSSR count). The molecule has 0 heterocycles. The van der Waals surface area contributed by atoms with Gasteiger partial charge in [0.1, 0.15) is 0 Å². The summed E-state index contributed by atoms with van der Waals surface area (Å²) < 4.78 is 0. The van der Waals surface area contributed by atoms with Crippen molar-refractivity contribution in [2.45, 2.75) is 13.8 Å². The Morgan fingerprint density at radius 3 is 2.75 bits per heavy atom. The number of hydrogen-bond donors (Lipinski definition) is 1. The smallest absolute Gasteiger partial charge is 0.330 e. The van der Waals surface area contributed by atoms with E-state index < -0.39 is 5.97 Å². The zero-order valence-electron chi connectivity index (χ0n) is 7.24. The molecule has 1 unspecified atom stereocenters. The molecule has 1 aliphatic carbocycles. The third kappa shape index (κ3) is 2.09. The van der Waals surface area contributed by atoms with Gasteiger partial charge in [0.15, 0.2) is 0 Å². The van der Waals surface area contributed by atoms with Gasteiger partial charge in [0.05, 0.1) is 0 Å². The molecule has 2 heteroatoms. The van der Waals surface area contributed by atoms with E-state index in [-0.39, 0.29) is 5.92 Å². The van der Waals surface area contributed by atoms with Gasteiger partial charge in [0, 0.05) is 11.5 Å². The Morgan fingerprint density at radius 1 is 1.67 bits per heavy atom. The van der Waals surface area contributed by atoms with Gasteiger partial charge in [-0.05, 0) is 13.8 Å². The summed E-state index contributed by atoms with van der Waals surface area (Å²) in [5, 5.41) is 8.60. The van der Waals surface area contributed by atoms with E-state index in [9.17, 15) is 4.79 Å². The van der Waals surface area contributed by atoms with Crippen LogP contribution in [0.5, 0.6) is 0 Å². The molecule has 0 aliphatic heterocycles. The van der Waals surface area contributed by atoms with Gasteiger partial charge < -0.3 is 5.11 Å². The molecule has 1 atom stereocenters. The number of allylic oxidation sites excluding steroid dienone is 5. The lowest BCUT2D eigenvalue weighted by atomic mass is 10.1. The normalized spacial score (nSPS) is 22.7. The van der Waals surface area contributed by atoms with Crippen LogP contribution < -0.4 is 0 Å². The zero-order valence-corrected chi connectivity index (χ0v) is 7.24. The number of carboxylic acids is 1. The van der Waals surface area contributed by atoms with Crippen molar-refractivity contribution in [3.8, 4) is 0 Å². The maximum absolute atomic E-state index is 10.5. The average Bonchev–Trinajstić information content (AvgIpc) is 2.35. The minimum absolute atomic E-state index is 0.168. The summed E-state index contributed by atoms with van der Waals surface area (Å²) >= 11 is 0. The minimum atomic E-state index is -0.846. The highest BCUT2D eigenvalue weighted by Crippen LogP contribution is 2.17. The average molecular weight is 164 g/mol. The Hall–Kier alpha value is -1.31. The van der Waals surface area contributed by atoms with Crippen LogP contribution in [0.1, 0.15) is 13.8 Å². The molecule has 12 heavy (non-hydrogen) atoms. The van der Waals surface area contributed by atoms with E-state index in [0.717, 1.165) is 0 Å². The Morgan fingerprint density at radius 2 is 2.33 bits per heavy atom. The fraction of sp³-hybridized carbons (Fsp3) is 0.300. The molecule has 0 aromatic rings. The Kier molecular flexibility index (Phi) is 2.48. The number of carbonyl (C=O) groups is 1. The Labute approximate surface area is 71.9 Å². The van der Waals surface area contributed by atoms with E-state index in [1.54, 1.807) is 13.0 Å². The van der Waals surface area contributed by atoms with E-state index in [0.29, 0.717) is 5.57 Å². The topological polar surface area (TPSA) is 37.3 Å². The quantitative estimate of drug-likeness (QED) is 0.635. The van der Waals surface area contributed by atoms with E-state index in [2.05, 4.69) is 0 Å². The van der Waals surface area contributed by atoms with Crippen LogP contribution in [0.25, 0.3) is 0 Å². The van der Waals surface area contributed by atoms with Gasteiger partial charge in [-0.15, -0.1) is 0 Å². The summed E-state index contributed by atoms with van der Waals surface area (Å²) in [6, 6.07) is 0. The largest absolute Gasteiger partial charge is 0.478 e. The molecule has 2 nitrogen and oxygen atoms in total. The molecule has 0 aromatic carbocycles. The highest BCUT2D eigenvalue weighted by Gasteiger charge is 2.06. The molecule has 0 bridgehead atoms. The molecule has 1 N–H and O–H groups in total. The first-order valence-electron chi connectivity index (χ1n) is 3.88. The van der Waals surface area contributed by atoms with Crippen molar-refractivity contribution < 1.29 is 9.90 Å². The van der Waals surface area contributed by atoms with E-state index in [1.807, 2.05) is 25.2 Å². The van der Waals surface area contributed by atoms with Crippen molar-refractivity contribution in [2.24, 2.45) is 5.92 Å². The van der Waals surface area contributed by atoms with Crippen LogP contribution in [0.2, 0.25) is 0 Å². The van der Waals surface area contributed by atoms with Gasteiger partial charge >= 0.3 is 5.97 Å². The summed E-state index contributed by atoms with van der Waals surface area (Å²) in [4.78, 5) is 10.5. The molecular formula is C10H12O2. The second-order valence-corrected chi connectivity index (χ2v) is 3.00. The van der Waals surface area contributed by atoms with Gasteiger partial charge in [0.25, 0.3) is 0 Å². The first-order chi connectivity index (χ1) is 5.59. The molecule has 0 saturated carbocycles. The van der Waals surface area contributed by atoms with Gasteiger partial charge in [-0.2, -0.15) is 0 Å². The lowest BCUT2D eigenvalue weighted by Crippen LogP contribution is -1.98. The summed E-state index contributed by atoms with van der Waals surface area (Å²) in [7, 11) is 0. The number of aliphatic carboxylic acids is 1. The summed E-state index contributed by atoms with van der Waals surface area (Å²) in [6.07, 6.45) is 7.76. The predicted octanol–water partition coefficient (Wildman–Crippen LogP) is 2.15. The van der Waals surface area contributed by atoms with Gasteiger partial charge in [-0.3, -0.25) is 0 Å². The second-order valence-electron chi connectivity index (χ2n) is 3.00. The number of rotatable bonds is 2. The predicted molar refractivity (Wildman–Crippen MR) is 47.8 cm³/mol. The number of carboxylic acid groups (broad SMARTS) is 1. The molecule has 0 fully saturated rings. The fourth-order valence-corrected chi connectivity index (χ4v) is 1.14. The van der Waals surface area contributed by atoms with Crippen molar-refractivity contribution in [1.29, 1.82) is 0 Å². The summed E-state index contributed by atoms with van der Waals surface area (Å²) in [6.45, 7) is 3.61. The first kappa shape index (κ1) is 8.78. The van der Waals surface area contributed by atoms with E-state index in [1.165, 1.54) is 5.57 Å². The van der Waals surface area contributed by atoms with Crippen LogP contribution in [-0.4, -0.2) is 11.1 Å². The van der Waals surface area contributed by atoms with E-state index in [4.69, 9.17) is 5.11 Å². The standard InChI is InChI=1S/C10H12O2/c1-7-3-4-9(5-7)6-8(2)10(11)12/h3-6,9H,1-2H3,(H,11,12). The highest BCUT2D eigenvalue weighted by molar-refractivity contribution is 5.85. The molecule has 0 amide bonds. The van der Waals surface area contributed by atoms with Crippen LogP contribution in [0.4, 0.5) is 0 Å². The minimum Gasteiger partial charge on any atom is -0.478 e. The lowest BCUT2D eigenvalue weighted by Gasteiger charge is -1.97. The Bertz CT molecular complexity index is 282. The van der Waals surface area contributed by atoms with Crippen LogP contribution in [0.3, 0.4) is 0 Å². The van der Waals surface area contributed by atoms with Gasteiger partial charge in [0.2, 0.25) is 0 Å². The van der Waals surface area contributed by atoms with Crippen LogP contribution in [0.15, 0.2) is 35.5 Å². The van der Waals surface area contributed by atoms with Crippen LogP contribution >= 0.6 is 0 Å². The van der Waals surface area contributed by atoms with Crippen molar-refractivity contribution in [1.82, 2.24) is 0 Å². The third-order valence-corrected chi connectivity index (χ3v) is 1.82. The number of hydrogen-bond acceptors (Lipinski definition) is 1.